The van der Waals surface area contributed by atoms with E-state index in [0.29, 0.717) is 19.1 Å². The van der Waals surface area contributed by atoms with Gasteiger partial charge in [-0.25, -0.2) is 5.43 Å². The van der Waals surface area contributed by atoms with Crippen molar-refractivity contribution in [2.45, 2.75) is 13.8 Å². The van der Waals surface area contributed by atoms with E-state index in [1.807, 2.05) is 13.8 Å². The summed E-state index contributed by atoms with van der Waals surface area (Å²) in [4.78, 5) is 11.4. The van der Waals surface area contributed by atoms with Gasteiger partial charge < -0.3 is 10.2 Å². The lowest BCUT2D eigenvalue weighted by Gasteiger charge is -2.17. The fraction of sp³-hybridized carbons (Fsp3) is 0.667. The van der Waals surface area contributed by atoms with Gasteiger partial charge >= 0.3 is 5.97 Å². The molecule has 0 aliphatic carbocycles. The van der Waals surface area contributed by atoms with Crippen molar-refractivity contribution in [3.8, 4) is 0 Å². The smallest absolute Gasteiger partial charge is 0.314 e. The molecule has 0 aromatic rings. The van der Waals surface area contributed by atoms with Crippen LogP contribution in [0, 0.1) is 11.8 Å². The van der Waals surface area contributed by atoms with Gasteiger partial charge in [0.15, 0.2) is 0 Å². The van der Waals surface area contributed by atoms with Crippen LogP contribution in [0.3, 0.4) is 0 Å². The fourth-order valence-electron chi connectivity index (χ4n) is 0.978. The molecule has 13 heavy (non-hydrogen) atoms. The van der Waals surface area contributed by atoms with E-state index in [0.717, 1.165) is 0 Å². The Labute approximate surface area is 78.3 Å². The zero-order valence-corrected chi connectivity index (χ0v) is 8.04. The quantitative estimate of drug-likeness (QED) is 0.624. The van der Waals surface area contributed by atoms with Crippen molar-refractivity contribution >= 4 is 5.97 Å². The lowest BCUT2D eigenvalue weighted by molar-refractivity contribution is -0.147. The minimum atomic E-state index is -0.154. The zero-order valence-electron chi connectivity index (χ0n) is 8.04. The minimum absolute atomic E-state index is 0.153. The van der Waals surface area contributed by atoms with Gasteiger partial charge in [0.05, 0.1) is 12.5 Å². The maximum absolute atomic E-state index is 11.4. The van der Waals surface area contributed by atoms with Crippen LogP contribution in [0.25, 0.3) is 0 Å². The van der Waals surface area contributed by atoms with E-state index < -0.39 is 0 Å². The number of hydrogen-bond donors (Lipinski definition) is 2. The number of carbonyl (C=O) groups excluding carboxylic acids is 1. The Morgan fingerprint density at radius 2 is 2.46 bits per heavy atom. The lowest BCUT2D eigenvalue weighted by Crippen LogP contribution is -2.39. The van der Waals surface area contributed by atoms with Crippen LogP contribution in [-0.2, 0) is 9.53 Å². The molecule has 0 saturated carbocycles. The molecule has 74 valence electrons. The number of nitrogens with one attached hydrogen (secondary N) is 2. The molecule has 1 aliphatic heterocycles. The summed E-state index contributed by atoms with van der Waals surface area (Å²) in [6, 6.07) is 0. The topological polar surface area (TPSA) is 50.4 Å². The monoisotopic (exact) mass is 184 g/mol. The van der Waals surface area contributed by atoms with Gasteiger partial charge in [0, 0.05) is 12.7 Å². The molecule has 1 rings (SSSR count). The van der Waals surface area contributed by atoms with Gasteiger partial charge in [-0.1, -0.05) is 19.9 Å². The molecule has 1 heterocycles. The Morgan fingerprint density at radius 1 is 1.69 bits per heavy atom. The maximum atomic E-state index is 11.4. The van der Waals surface area contributed by atoms with Crippen LogP contribution in [-0.4, -0.2) is 19.1 Å². The predicted molar refractivity (Wildman–Crippen MR) is 49.6 cm³/mol. The van der Waals surface area contributed by atoms with Gasteiger partial charge in [0.25, 0.3) is 0 Å². The van der Waals surface area contributed by atoms with Crippen LogP contribution in [0.1, 0.15) is 13.8 Å². The normalized spacial score (nSPS) is 21.3. The van der Waals surface area contributed by atoms with Gasteiger partial charge in [0.1, 0.15) is 0 Å². The molecule has 0 spiro atoms. The first-order valence-corrected chi connectivity index (χ1v) is 4.52. The van der Waals surface area contributed by atoms with Crippen molar-refractivity contribution in [2.75, 3.05) is 13.2 Å². The number of hydrogen-bond acceptors (Lipinski definition) is 4. The second-order valence-corrected chi connectivity index (χ2v) is 3.51. The average molecular weight is 184 g/mol. The van der Waals surface area contributed by atoms with E-state index in [9.17, 15) is 4.79 Å². The van der Waals surface area contributed by atoms with Crippen LogP contribution >= 0.6 is 0 Å². The highest BCUT2D eigenvalue weighted by Crippen LogP contribution is 2.04. The molecule has 1 atom stereocenters. The second kappa shape index (κ2) is 4.87. The average Bonchev–Trinajstić information content (AvgIpc) is 2.15. The van der Waals surface area contributed by atoms with Crippen molar-refractivity contribution in [3.05, 3.63) is 12.3 Å². The number of esters is 1. The first-order valence-electron chi connectivity index (χ1n) is 4.52. The van der Waals surface area contributed by atoms with Crippen molar-refractivity contribution in [3.63, 3.8) is 0 Å². The molecule has 4 heteroatoms. The molecule has 0 radical (unpaired) electrons. The molecule has 0 aromatic carbocycles. The minimum Gasteiger partial charge on any atom is -0.465 e. The Balaban J connectivity index is 2.30. The highest BCUT2D eigenvalue weighted by Gasteiger charge is 2.18. The molecular weight excluding hydrogens is 168 g/mol. The standard InChI is InChI=1S/C9H16N2O2/c1-7(2)6-13-9(12)8-3-4-10-11-5-8/h3-4,7-8,10-11H,5-6H2,1-2H3. The number of rotatable bonds is 3. The molecular formula is C9H16N2O2. The highest BCUT2D eigenvalue weighted by molar-refractivity contribution is 5.74. The van der Waals surface area contributed by atoms with E-state index in [-0.39, 0.29) is 11.9 Å². The van der Waals surface area contributed by atoms with Gasteiger partial charge in [-0.2, -0.15) is 0 Å². The first-order chi connectivity index (χ1) is 6.20. The Kier molecular flexibility index (Phi) is 3.76. The van der Waals surface area contributed by atoms with E-state index in [1.54, 1.807) is 12.3 Å². The zero-order chi connectivity index (χ0) is 9.68. The van der Waals surface area contributed by atoms with Crippen LogP contribution in [0.4, 0.5) is 0 Å². The molecule has 2 N–H and O–H groups in total. The van der Waals surface area contributed by atoms with Crippen LogP contribution in [0.15, 0.2) is 12.3 Å². The summed E-state index contributed by atoms with van der Waals surface area (Å²) < 4.78 is 5.08. The third-order valence-corrected chi connectivity index (χ3v) is 1.70. The van der Waals surface area contributed by atoms with Crippen molar-refractivity contribution in [2.24, 2.45) is 11.8 Å². The summed E-state index contributed by atoms with van der Waals surface area (Å²) in [5.41, 5.74) is 5.66. The molecule has 0 fully saturated rings. The van der Waals surface area contributed by atoms with Crippen LogP contribution in [0.2, 0.25) is 0 Å². The van der Waals surface area contributed by atoms with Crippen LogP contribution < -0.4 is 10.9 Å². The Hall–Kier alpha value is -1.03. The summed E-state index contributed by atoms with van der Waals surface area (Å²) in [5, 5.41) is 0. The predicted octanol–water partition coefficient (Wildman–Crippen LogP) is 0.423. The Morgan fingerprint density at radius 3 is 3.00 bits per heavy atom. The summed E-state index contributed by atoms with van der Waals surface area (Å²) >= 11 is 0. The summed E-state index contributed by atoms with van der Waals surface area (Å²) in [6.07, 6.45) is 3.52. The molecule has 1 unspecified atom stereocenters. The van der Waals surface area contributed by atoms with Gasteiger partial charge in [-0.05, 0) is 5.92 Å². The molecule has 0 bridgehead atoms. The molecule has 4 nitrogen and oxygen atoms in total. The Bertz CT molecular complexity index is 202. The number of ether oxygens (including phenoxy) is 1. The molecule has 0 amide bonds. The van der Waals surface area contributed by atoms with E-state index in [4.69, 9.17) is 4.74 Å². The van der Waals surface area contributed by atoms with E-state index >= 15 is 0 Å². The fourth-order valence-corrected chi connectivity index (χ4v) is 0.978. The number of hydrazine groups is 1. The third kappa shape index (κ3) is 3.46. The SMILES string of the molecule is CC(C)COC(=O)C1C=CNNC1. The molecule has 0 saturated heterocycles. The summed E-state index contributed by atoms with van der Waals surface area (Å²) in [7, 11) is 0. The summed E-state index contributed by atoms with van der Waals surface area (Å²) in [6.45, 7) is 5.12. The largest absolute Gasteiger partial charge is 0.465 e. The van der Waals surface area contributed by atoms with Gasteiger partial charge in [-0.15, -0.1) is 0 Å². The van der Waals surface area contributed by atoms with Gasteiger partial charge in [0.2, 0.25) is 0 Å². The third-order valence-electron chi connectivity index (χ3n) is 1.70. The molecule has 0 aromatic heterocycles. The maximum Gasteiger partial charge on any atom is 0.314 e. The van der Waals surface area contributed by atoms with Crippen molar-refractivity contribution in [1.82, 2.24) is 10.9 Å². The highest BCUT2D eigenvalue weighted by atomic mass is 16.5. The van der Waals surface area contributed by atoms with Crippen molar-refractivity contribution < 1.29 is 9.53 Å². The molecule has 1 aliphatic rings. The second-order valence-electron chi connectivity index (χ2n) is 3.51. The van der Waals surface area contributed by atoms with Gasteiger partial charge in [-0.3, -0.25) is 4.79 Å². The summed E-state index contributed by atoms with van der Waals surface area (Å²) in [5.74, 6) is 0.0848. The lowest BCUT2D eigenvalue weighted by atomic mass is 10.1. The van der Waals surface area contributed by atoms with E-state index in [2.05, 4.69) is 10.9 Å². The van der Waals surface area contributed by atoms with Crippen LogP contribution in [0.5, 0.6) is 0 Å². The van der Waals surface area contributed by atoms with Crippen molar-refractivity contribution in [1.29, 1.82) is 0 Å². The van der Waals surface area contributed by atoms with E-state index in [1.165, 1.54) is 0 Å². The number of carbonyl (C=O) groups is 1. The first kappa shape index (κ1) is 10.1.